The van der Waals surface area contributed by atoms with Crippen molar-refractivity contribution in [1.29, 1.82) is 0 Å². The molecule has 1 heterocycles. The van der Waals surface area contributed by atoms with E-state index in [-0.39, 0.29) is 11.9 Å². The van der Waals surface area contributed by atoms with E-state index in [0.29, 0.717) is 5.56 Å². The minimum Gasteiger partial charge on any atom is -0.449 e. The van der Waals surface area contributed by atoms with Crippen LogP contribution in [0, 0.1) is 0 Å². The summed E-state index contributed by atoms with van der Waals surface area (Å²) in [5.74, 6) is -0.790. The van der Waals surface area contributed by atoms with Crippen molar-refractivity contribution in [2.75, 3.05) is 0 Å². The number of amides is 1. The molecule has 1 aromatic heterocycles. The average Bonchev–Trinajstić information content (AvgIpc) is 3.05. The van der Waals surface area contributed by atoms with E-state index in [1.54, 1.807) is 13.1 Å². The summed E-state index contributed by atoms with van der Waals surface area (Å²) in [6, 6.07) is 17.4. The number of aryl methyl sites for hydroxylation is 1. The standard InChI is InChI=1S/C23H26N2O3/c1-4-10-20(17-11-6-5-7-12-17)24-22(26)16(2)28-23(27)19-15-25(3)21-14-9-8-13-18(19)21/h5-9,11-16,20H,4,10H2,1-3H3,(H,24,26)/t16-,20+/m1/s1. The molecular weight excluding hydrogens is 352 g/mol. The van der Waals surface area contributed by atoms with Crippen LogP contribution in [0.4, 0.5) is 0 Å². The zero-order valence-corrected chi connectivity index (χ0v) is 16.5. The Kier molecular flexibility index (Phi) is 6.14. The molecule has 0 saturated carbocycles. The zero-order chi connectivity index (χ0) is 20.1. The van der Waals surface area contributed by atoms with Crippen molar-refractivity contribution >= 4 is 22.8 Å². The molecule has 3 aromatic rings. The van der Waals surface area contributed by atoms with Crippen LogP contribution < -0.4 is 5.32 Å². The van der Waals surface area contributed by atoms with Gasteiger partial charge in [0.15, 0.2) is 6.10 Å². The molecule has 0 radical (unpaired) electrons. The fraction of sp³-hybridized carbons (Fsp3) is 0.304. The van der Waals surface area contributed by atoms with Gasteiger partial charge in [0.2, 0.25) is 0 Å². The second-order valence-electron chi connectivity index (χ2n) is 6.98. The van der Waals surface area contributed by atoms with Crippen LogP contribution in [0.2, 0.25) is 0 Å². The lowest BCUT2D eigenvalue weighted by molar-refractivity contribution is -0.129. The number of carbonyl (C=O) groups excluding carboxylic acids is 2. The number of aromatic nitrogens is 1. The highest BCUT2D eigenvalue weighted by Crippen LogP contribution is 2.22. The van der Waals surface area contributed by atoms with Gasteiger partial charge in [-0.3, -0.25) is 4.79 Å². The van der Waals surface area contributed by atoms with Gasteiger partial charge in [0.1, 0.15) is 0 Å². The van der Waals surface area contributed by atoms with Crippen LogP contribution in [0.5, 0.6) is 0 Å². The van der Waals surface area contributed by atoms with Crippen LogP contribution in [0.25, 0.3) is 10.9 Å². The molecule has 28 heavy (non-hydrogen) atoms. The Balaban J connectivity index is 1.70. The van der Waals surface area contributed by atoms with Gasteiger partial charge in [-0.1, -0.05) is 61.9 Å². The predicted octanol–water partition coefficient (Wildman–Crippen LogP) is 4.38. The lowest BCUT2D eigenvalue weighted by Gasteiger charge is -2.21. The largest absolute Gasteiger partial charge is 0.449 e. The van der Waals surface area contributed by atoms with Gasteiger partial charge in [-0.05, 0) is 25.0 Å². The molecule has 0 fully saturated rings. The Hall–Kier alpha value is -3.08. The molecule has 1 amide bonds. The molecule has 3 rings (SSSR count). The van der Waals surface area contributed by atoms with E-state index in [4.69, 9.17) is 4.74 Å². The lowest BCUT2D eigenvalue weighted by atomic mass is 10.0. The molecule has 146 valence electrons. The number of carbonyl (C=O) groups is 2. The molecule has 0 saturated heterocycles. The summed E-state index contributed by atoms with van der Waals surface area (Å²) in [6.45, 7) is 3.68. The van der Waals surface area contributed by atoms with Crippen molar-refractivity contribution in [2.24, 2.45) is 7.05 Å². The maximum Gasteiger partial charge on any atom is 0.341 e. The molecular formula is C23H26N2O3. The van der Waals surface area contributed by atoms with Gasteiger partial charge in [-0.2, -0.15) is 0 Å². The van der Waals surface area contributed by atoms with Gasteiger partial charge < -0.3 is 14.6 Å². The smallest absolute Gasteiger partial charge is 0.341 e. The Labute approximate surface area is 165 Å². The number of hydrogen-bond donors (Lipinski definition) is 1. The van der Waals surface area contributed by atoms with Crippen molar-refractivity contribution < 1.29 is 14.3 Å². The number of benzene rings is 2. The zero-order valence-electron chi connectivity index (χ0n) is 16.5. The van der Waals surface area contributed by atoms with Gasteiger partial charge in [0, 0.05) is 24.1 Å². The maximum atomic E-state index is 12.7. The van der Waals surface area contributed by atoms with Crippen molar-refractivity contribution in [3.05, 3.63) is 71.9 Å². The minimum atomic E-state index is -0.880. The Bertz CT molecular complexity index is 962. The number of esters is 1. The van der Waals surface area contributed by atoms with Crippen LogP contribution >= 0.6 is 0 Å². The Morgan fingerprint density at radius 3 is 2.46 bits per heavy atom. The number of nitrogens with one attached hydrogen (secondary N) is 1. The fourth-order valence-electron chi connectivity index (χ4n) is 3.37. The molecule has 1 N–H and O–H groups in total. The lowest BCUT2D eigenvalue weighted by Crippen LogP contribution is -2.38. The third kappa shape index (κ3) is 4.25. The number of para-hydroxylation sites is 1. The molecule has 5 heteroatoms. The molecule has 2 atom stereocenters. The van der Waals surface area contributed by atoms with E-state index in [1.807, 2.05) is 66.2 Å². The van der Waals surface area contributed by atoms with Crippen molar-refractivity contribution in [3.63, 3.8) is 0 Å². The van der Waals surface area contributed by atoms with Gasteiger partial charge in [-0.25, -0.2) is 4.79 Å². The molecule has 0 unspecified atom stereocenters. The summed E-state index contributed by atoms with van der Waals surface area (Å²) in [6.07, 6.45) is 2.61. The Morgan fingerprint density at radius 2 is 1.75 bits per heavy atom. The summed E-state index contributed by atoms with van der Waals surface area (Å²) in [5.41, 5.74) is 2.45. The van der Waals surface area contributed by atoms with Crippen LogP contribution in [-0.2, 0) is 16.6 Å². The summed E-state index contributed by atoms with van der Waals surface area (Å²) in [4.78, 5) is 25.3. The van der Waals surface area contributed by atoms with Crippen LogP contribution in [-0.4, -0.2) is 22.5 Å². The highest BCUT2D eigenvalue weighted by molar-refractivity contribution is 6.05. The first-order valence-corrected chi connectivity index (χ1v) is 9.61. The number of ether oxygens (including phenoxy) is 1. The molecule has 0 bridgehead atoms. The first kappa shape index (κ1) is 19.7. The van der Waals surface area contributed by atoms with Gasteiger partial charge in [-0.15, -0.1) is 0 Å². The number of fused-ring (bicyclic) bond motifs is 1. The normalized spacial score (nSPS) is 13.1. The third-order valence-corrected chi connectivity index (χ3v) is 4.87. The van der Waals surface area contributed by atoms with Crippen LogP contribution in [0.1, 0.15) is 48.7 Å². The summed E-state index contributed by atoms with van der Waals surface area (Å²) in [7, 11) is 1.88. The van der Waals surface area contributed by atoms with E-state index in [2.05, 4.69) is 12.2 Å². The average molecular weight is 378 g/mol. The van der Waals surface area contributed by atoms with Crippen LogP contribution in [0.15, 0.2) is 60.8 Å². The van der Waals surface area contributed by atoms with Crippen LogP contribution in [0.3, 0.4) is 0 Å². The van der Waals surface area contributed by atoms with E-state index < -0.39 is 12.1 Å². The molecule has 0 aliphatic carbocycles. The van der Waals surface area contributed by atoms with Crippen molar-refractivity contribution in [2.45, 2.75) is 38.8 Å². The Morgan fingerprint density at radius 1 is 1.07 bits per heavy atom. The highest BCUT2D eigenvalue weighted by atomic mass is 16.5. The van der Waals surface area contributed by atoms with Gasteiger partial charge in [0.05, 0.1) is 11.6 Å². The van der Waals surface area contributed by atoms with E-state index in [0.717, 1.165) is 29.3 Å². The minimum absolute atomic E-state index is 0.0996. The molecule has 5 nitrogen and oxygen atoms in total. The highest BCUT2D eigenvalue weighted by Gasteiger charge is 2.24. The number of nitrogens with zero attached hydrogens (tertiary/aromatic N) is 1. The topological polar surface area (TPSA) is 60.3 Å². The second-order valence-corrected chi connectivity index (χ2v) is 6.98. The van der Waals surface area contributed by atoms with E-state index >= 15 is 0 Å². The van der Waals surface area contributed by atoms with Gasteiger partial charge >= 0.3 is 5.97 Å². The number of rotatable bonds is 7. The van der Waals surface area contributed by atoms with Gasteiger partial charge in [0.25, 0.3) is 5.91 Å². The monoisotopic (exact) mass is 378 g/mol. The van der Waals surface area contributed by atoms with Crippen molar-refractivity contribution in [3.8, 4) is 0 Å². The first-order valence-electron chi connectivity index (χ1n) is 9.61. The first-order chi connectivity index (χ1) is 13.5. The fourth-order valence-corrected chi connectivity index (χ4v) is 3.37. The maximum absolute atomic E-state index is 12.7. The molecule has 0 aliphatic rings. The predicted molar refractivity (Wildman–Crippen MR) is 110 cm³/mol. The summed E-state index contributed by atoms with van der Waals surface area (Å²) < 4.78 is 7.35. The third-order valence-electron chi connectivity index (χ3n) is 4.87. The SMILES string of the molecule is CCC[C@H](NC(=O)[C@@H](C)OC(=O)c1cn(C)c2ccccc12)c1ccccc1. The molecule has 2 aromatic carbocycles. The second kappa shape index (κ2) is 8.74. The van der Waals surface area contributed by atoms with Crippen molar-refractivity contribution in [1.82, 2.24) is 9.88 Å². The molecule has 0 aliphatic heterocycles. The summed E-state index contributed by atoms with van der Waals surface area (Å²) in [5, 5.41) is 3.83. The number of hydrogen-bond acceptors (Lipinski definition) is 3. The van der Waals surface area contributed by atoms with E-state index in [9.17, 15) is 9.59 Å². The molecule has 0 spiro atoms. The summed E-state index contributed by atoms with van der Waals surface area (Å²) >= 11 is 0. The van der Waals surface area contributed by atoms with E-state index in [1.165, 1.54) is 0 Å². The quantitative estimate of drug-likeness (QED) is 0.621.